The van der Waals surface area contributed by atoms with E-state index in [2.05, 4.69) is 6.58 Å². The number of nitrogens with two attached hydrogens (primary N) is 1. The van der Waals surface area contributed by atoms with Crippen molar-refractivity contribution in [1.82, 2.24) is 9.55 Å². The number of aromatic hydroxyl groups is 1. The fraction of sp³-hybridized carbons (Fsp3) is 0.280. The molecule has 9 heteroatoms. The lowest BCUT2D eigenvalue weighted by atomic mass is 9.82. The Morgan fingerprint density at radius 2 is 2.09 bits per heavy atom. The molecule has 1 aromatic carbocycles. The number of ether oxygens (including phenoxy) is 2. The molecule has 0 amide bonds. The summed E-state index contributed by atoms with van der Waals surface area (Å²) < 4.78 is 12.4. The number of aryl methyl sites for hydroxylation is 1. The van der Waals surface area contributed by atoms with Crippen LogP contribution in [0.4, 0.5) is 0 Å². The van der Waals surface area contributed by atoms with Crippen molar-refractivity contribution in [2.75, 3.05) is 6.54 Å². The van der Waals surface area contributed by atoms with Crippen LogP contribution in [0.3, 0.4) is 0 Å². The minimum atomic E-state index is -1.97. The zero-order valence-corrected chi connectivity index (χ0v) is 18.8. The highest BCUT2D eigenvalue weighted by atomic mass is 16.6. The second-order valence-electron chi connectivity index (χ2n) is 8.50. The van der Waals surface area contributed by atoms with Gasteiger partial charge in [-0.05, 0) is 48.7 Å². The number of esters is 2. The van der Waals surface area contributed by atoms with Gasteiger partial charge in [0.25, 0.3) is 11.2 Å². The maximum atomic E-state index is 13.6. The monoisotopic (exact) mass is 461 g/mol. The van der Waals surface area contributed by atoms with E-state index in [1.54, 1.807) is 28.8 Å². The van der Waals surface area contributed by atoms with E-state index >= 15 is 0 Å². The Hall–Kier alpha value is -3.98. The molecule has 4 heterocycles. The number of carbonyl (C=O) groups is 2. The number of aromatic nitrogens is 2. The topological polar surface area (TPSA) is 134 Å². The SMILES string of the molecule is C=C(C)[C@@]1(OC(=O)CN)C(=O)OCc2c1cc1n(c2=O)Cc2c-1nc1ccc(O)cc1c2CC. The van der Waals surface area contributed by atoms with Crippen LogP contribution in [0, 0.1) is 0 Å². The number of fused-ring (bicyclic) bond motifs is 5. The summed E-state index contributed by atoms with van der Waals surface area (Å²) in [6.07, 6.45) is 0.665. The summed E-state index contributed by atoms with van der Waals surface area (Å²) in [4.78, 5) is 43.6. The lowest BCUT2D eigenvalue weighted by molar-refractivity contribution is -0.182. The molecule has 0 aliphatic carbocycles. The van der Waals surface area contributed by atoms with Gasteiger partial charge in [-0.15, -0.1) is 0 Å². The predicted octanol–water partition coefficient (Wildman–Crippen LogP) is 2.02. The number of nitrogens with zero attached hydrogens (tertiary/aromatic N) is 2. The van der Waals surface area contributed by atoms with Gasteiger partial charge in [0, 0.05) is 16.5 Å². The second-order valence-corrected chi connectivity index (χ2v) is 8.50. The van der Waals surface area contributed by atoms with Crippen molar-refractivity contribution in [3.8, 4) is 17.1 Å². The van der Waals surface area contributed by atoms with Crippen LogP contribution in [0.5, 0.6) is 5.75 Å². The van der Waals surface area contributed by atoms with E-state index < -0.39 is 24.1 Å². The van der Waals surface area contributed by atoms with Crippen LogP contribution >= 0.6 is 0 Å². The molecule has 1 atom stereocenters. The highest BCUT2D eigenvalue weighted by molar-refractivity contribution is 5.92. The first-order valence-electron chi connectivity index (χ1n) is 10.9. The lowest BCUT2D eigenvalue weighted by Crippen LogP contribution is -2.49. The maximum absolute atomic E-state index is 13.6. The van der Waals surface area contributed by atoms with E-state index in [1.807, 2.05) is 6.92 Å². The molecule has 3 N–H and O–H groups in total. The third-order valence-corrected chi connectivity index (χ3v) is 6.55. The van der Waals surface area contributed by atoms with Crippen LogP contribution in [0.1, 0.15) is 36.1 Å². The van der Waals surface area contributed by atoms with Crippen molar-refractivity contribution in [1.29, 1.82) is 0 Å². The zero-order chi connectivity index (χ0) is 24.4. The second kappa shape index (κ2) is 7.53. The average Bonchev–Trinajstić information content (AvgIpc) is 3.17. The molecule has 34 heavy (non-hydrogen) atoms. The van der Waals surface area contributed by atoms with Crippen molar-refractivity contribution in [2.24, 2.45) is 5.73 Å². The van der Waals surface area contributed by atoms with E-state index in [1.165, 1.54) is 6.92 Å². The maximum Gasteiger partial charge on any atom is 0.360 e. The van der Waals surface area contributed by atoms with E-state index in [-0.39, 0.29) is 41.2 Å². The van der Waals surface area contributed by atoms with Gasteiger partial charge in [0.1, 0.15) is 12.4 Å². The van der Waals surface area contributed by atoms with Gasteiger partial charge in [0.2, 0.25) is 0 Å². The molecular weight excluding hydrogens is 438 g/mol. The molecule has 0 saturated heterocycles. The number of cyclic esters (lactones) is 1. The molecule has 0 unspecified atom stereocenters. The van der Waals surface area contributed by atoms with E-state index in [0.717, 1.165) is 16.5 Å². The van der Waals surface area contributed by atoms with Crippen molar-refractivity contribution >= 4 is 22.8 Å². The molecule has 0 bridgehead atoms. The average molecular weight is 461 g/mol. The number of benzene rings is 1. The predicted molar refractivity (Wildman–Crippen MR) is 123 cm³/mol. The fourth-order valence-electron chi connectivity index (χ4n) is 4.95. The highest BCUT2D eigenvalue weighted by Gasteiger charge is 2.52. The number of hydrogen-bond acceptors (Lipinski definition) is 8. The fourth-order valence-corrected chi connectivity index (χ4v) is 4.95. The van der Waals surface area contributed by atoms with Gasteiger partial charge in [-0.3, -0.25) is 9.59 Å². The number of hydrogen-bond donors (Lipinski definition) is 2. The molecule has 2 aliphatic rings. The normalized spacial score (nSPS) is 18.1. The smallest absolute Gasteiger partial charge is 0.360 e. The van der Waals surface area contributed by atoms with Crippen LogP contribution in [-0.2, 0) is 44.2 Å². The van der Waals surface area contributed by atoms with Crippen LogP contribution in [0.2, 0.25) is 0 Å². The molecule has 5 rings (SSSR count). The first kappa shape index (κ1) is 21.8. The molecular formula is C25H23N3O6. The highest BCUT2D eigenvalue weighted by Crippen LogP contribution is 2.43. The molecule has 174 valence electrons. The Morgan fingerprint density at radius 1 is 1.32 bits per heavy atom. The summed E-state index contributed by atoms with van der Waals surface area (Å²) in [5.74, 6) is -1.52. The number of phenols is 1. The van der Waals surface area contributed by atoms with Gasteiger partial charge >= 0.3 is 11.9 Å². The Kier molecular flexibility index (Phi) is 4.84. The molecule has 0 fully saturated rings. The largest absolute Gasteiger partial charge is 0.508 e. The first-order chi connectivity index (χ1) is 16.2. The summed E-state index contributed by atoms with van der Waals surface area (Å²) in [6.45, 7) is 6.99. The van der Waals surface area contributed by atoms with E-state index in [0.29, 0.717) is 23.3 Å². The number of phenolic OH excluding ortho intramolecular Hbond substituents is 1. The third-order valence-electron chi connectivity index (χ3n) is 6.55. The molecule has 2 aliphatic heterocycles. The van der Waals surface area contributed by atoms with Crippen LogP contribution in [0.25, 0.3) is 22.3 Å². The standard InChI is InChI=1S/C25H23N3O6/c1-4-14-15-7-13(29)5-6-19(15)27-22-16(14)10-28-20(22)8-18-17(23(28)31)11-33-24(32)25(18,12(2)3)34-21(30)9-26/h5-8,29H,2,4,9-11,26H2,1,3H3/t25-/m0/s1. The molecule has 3 aromatic rings. The number of carbonyl (C=O) groups excluding carboxylic acids is 2. The van der Waals surface area contributed by atoms with Crippen molar-refractivity contribution in [3.05, 3.63) is 69.0 Å². The van der Waals surface area contributed by atoms with Crippen LogP contribution in [-0.4, -0.2) is 33.1 Å². The van der Waals surface area contributed by atoms with Crippen LogP contribution < -0.4 is 11.3 Å². The van der Waals surface area contributed by atoms with E-state index in [4.69, 9.17) is 20.2 Å². The molecule has 0 spiro atoms. The van der Waals surface area contributed by atoms with Gasteiger partial charge in [0.15, 0.2) is 0 Å². The molecule has 2 aromatic heterocycles. The lowest BCUT2D eigenvalue weighted by Gasteiger charge is -2.36. The van der Waals surface area contributed by atoms with Gasteiger partial charge in [-0.2, -0.15) is 0 Å². The third kappa shape index (κ3) is 2.83. The quantitative estimate of drug-likeness (QED) is 0.348. The summed E-state index contributed by atoms with van der Waals surface area (Å²) in [5, 5.41) is 10.8. The Bertz CT molecular complexity index is 1490. The Morgan fingerprint density at radius 3 is 2.76 bits per heavy atom. The van der Waals surface area contributed by atoms with Gasteiger partial charge < -0.3 is 24.9 Å². The molecule has 9 nitrogen and oxygen atoms in total. The minimum absolute atomic E-state index is 0.135. The molecule has 0 radical (unpaired) electrons. The molecule has 0 saturated carbocycles. The van der Waals surface area contributed by atoms with E-state index in [9.17, 15) is 19.5 Å². The Balaban J connectivity index is 1.83. The number of rotatable bonds is 4. The minimum Gasteiger partial charge on any atom is -0.508 e. The number of pyridine rings is 2. The van der Waals surface area contributed by atoms with Crippen molar-refractivity contribution < 1.29 is 24.2 Å². The summed E-state index contributed by atoms with van der Waals surface area (Å²) in [6, 6.07) is 6.62. The first-order valence-corrected chi connectivity index (χ1v) is 10.9. The van der Waals surface area contributed by atoms with Crippen molar-refractivity contribution in [3.63, 3.8) is 0 Å². The van der Waals surface area contributed by atoms with Crippen molar-refractivity contribution in [2.45, 2.75) is 39.0 Å². The van der Waals surface area contributed by atoms with Crippen LogP contribution in [0.15, 0.2) is 41.2 Å². The Labute approximate surface area is 194 Å². The van der Waals surface area contributed by atoms with Gasteiger partial charge in [-0.1, -0.05) is 13.5 Å². The summed E-state index contributed by atoms with van der Waals surface area (Å²) in [5.41, 5.74) is 7.36. The summed E-state index contributed by atoms with van der Waals surface area (Å²) in [7, 11) is 0. The van der Waals surface area contributed by atoms with Gasteiger partial charge in [0.05, 0.1) is 35.6 Å². The zero-order valence-electron chi connectivity index (χ0n) is 18.8. The van der Waals surface area contributed by atoms with Gasteiger partial charge in [-0.25, -0.2) is 9.78 Å². The summed E-state index contributed by atoms with van der Waals surface area (Å²) >= 11 is 0.